The molecule has 0 unspecified atom stereocenters. The number of carbonyl (C=O) groups is 2. The van der Waals surface area contributed by atoms with Crippen molar-refractivity contribution in [2.45, 2.75) is 50.5 Å². The molecule has 1 aliphatic carbocycles. The van der Waals surface area contributed by atoms with Gasteiger partial charge in [0.1, 0.15) is 5.60 Å². The fourth-order valence-electron chi connectivity index (χ4n) is 4.90. The maximum Gasteiger partial charge on any atom is 0.264 e. The lowest BCUT2D eigenvalue weighted by Crippen LogP contribution is -2.66. The van der Waals surface area contributed by atoms with Crippen LogP contribution in [-0.2, 0) is 22.4 Å². The Labute approximate surface area is 158 Å². The lowest BCUT2D eigenvalue weighted by Gasteiger charge is -2.52. The number of ether oxygens (including phenoxy) is 1. The molecule has 4 aliphatic rings. The summed E-state index contributed by atoms with van der Waals surface area (Å²) in [6.45, 7) is 3.93. The van der Waals surface area contributed by atoms with Crippen LogP contribution in [0.2, 0.25) is 0 Å². The Bertz CT molecular complexity index is 706. The standard InChI is InChI=1S/C20H26N2O3S/c23-18-5-2-8-21(18)10-14-6-7-20(25-11-14)12-22(13-20)19(24)17-9-15-3-1-4-16(15)26-17/h9,14H,1-8,10-13H2/t14-/m1/s1. The van der Waals surface area contributed by atoms with Gasteiger partial charge in [-0.15, -0.1) is 11.3 Å². The van der Waals surface area contributed by atoms with E-state index in [0.717, 1.165) is 69.8 Å². The van der Waals surface area contributed by atoms with Crippen LogP contribution in [0.15, 0.2) is 6.07 Å². The van der Waals surface area contributed by atoms with Crippen LogP contribution in [0.4, 0.5) is 0 Å². The Kier molecular flexibility index (Phi) is 4.09. The number of hydrogen-bond acceptors (Lipinski definition) is 4. The number of thiophene rings is 1. The van der Waals surface area contributed by atoms with Gasteiger partial charge in [-0.1, -0.05) is 0 Å². The zero-order valence-electron chi connectivity index (χ0n) is 15.2. The summed E-state index contributed by atoms with van der Waals surface area (Å²) in [5.74, 6) is 0.935. The quantitative estimate of drug-likeness (QED) is 0.817. The van der Waals surface area contributed by atoms with Gasteiger partial charge in [0.05, 0.1) is 24.6 Å². The minimum Gasteiger partial charge on any atom is -0.371 e. The van der Waals surface area contributed by atoms with Crippen molar-refractivity contribution in [3.8, 4) is 0 Å². The van der Waals surface area contributed by atoms with Crippen LogP contribution in [0.3, 0.4) is 0 Å². The van der Waals surface area contributed by atoms with E-state index in [0.29, 0.717) is 18.2 Å². The lowest BCUT2D eigenvalue weighted by atomic mass is 9.82. The van der Waals surface area contributed by atoms with Gasteiger partial charge in [-0.2, -0.15) is 0 Å². The summed E-state index contributed by atoms with van der Waals surface area (Å²) in [6.07, 6.45) is 7.32. The number of aryl methyl sites for hydroxylation is 2. The normalized spacial score (nSPS) is 27.1. The second-order valence-corrected chi connectivity index (χ2v) is 9.55. The average Bonchev–Trinajstić information content (AvgIpc) is 3.30. The number of fused-ring (bicyclic) bond motifs is 1. The molecule has 3 aliphatic heterocycles. The van der Waals surface area contributed by atoms with Gasteiger partial charge in [-0.3, -0.25) is 9.59 Å². The molecule has 2 amide bonds. The number of hydrogen-bond donors (Lipinski definition) is 0. The first-order valence-corrected chi connectivity index (χ1v) is 10.8. The first-order valence-electron chi connectivity index (χ1n) is 9.94. The van der Waals surface area contributed by atoms with E-state index in [4.69, 9.17) is 4.74 Å². The SMILES string of the molecule is O=C1CCCN1C[C@H]1CCC2(CN(C(=O)c3cc4c(s3)CCC4)C2)OC1. The Morgan fingerprint density at radius 1 is 1.27 bits per heavy atom. The van der Waals surface area contributed by atoms with Crippen LogP contribution < -0.4 is 0 Å². The van der Waals surface area contributed by atoms with Crippen molar-refractivity contribution in [1.29, 1.82) is 0 Å². The lowest BCUT2D eigenvalue weighted by molar-refractivity contribution is -0.169. The molecule has 1 aromatic rings. The third kappa shape index (κ3) is 2.87. The van der Waals surface area contributed by atoms with Crippen molar-refractivity contribution in [3.05, 3.63) is 21.4 Å². The zero-order chi connectivity index (χ0) is 17.7. The molecule has 4 heterocycles. The molecule has 1 spiro atoms. The van der Waals surface area contributed by atoms with Gasteiger partial charge in [0, 0.05) is 30.3 Å². The molecule has 0 saturated carbocycles. The summed E-state index contributed by atoms with van der Waals surface area (Å²) in [5.41, 5.74) is 1.27. The van der Waals surface area contributed by atoms with E-state index < -0.39 is 0 Å². The molecule has 6 heteroatoms. The molecule has 140 valence electrons. The second kappa shape index (κ2) is 6.34. The third-order valence-corrected chi connectivity index (χ3v) is 7.71. The van der Waals surface area contributed by atoms with E-state index in [1.54, 1.807) is 11.3 Å². The molecular formula is C20H26N2O3S. The topological polar surface area (TPSA) is 49.9 Å². The number of carbonyl (C=O) groups excluding carboxylic acids is 2. The van der Waals surface area contributed by atoms with Crippen molar-refractivity contribution in [2.75, 3.05) is 32.8 Å². The Hall–Kier alpha value is -1.40. The van der Waals surface area contributed by atoms with Crippen LogP contribution in [-0.4, -0.2) is 60.0 Å². The fourth-order valence-corrected chi connectivity index (χ4v) is 6.12. The van der Waals surface area contributed by atoms with Gasteiger partial charge in [0.15, 0.2) is 0 Å². The first-order chi connectivity index (χ1) is 12.6. The van der Waals surface area contributed by atoms with Crippen LogP contribution >= 0.6 is 11.3 Å². The summed E-state index contributed by atoms with van der Waals surface area (Å²) in [7, 11) is 0. The molecule has 0 aromatic carbocycles. The largest absolute Gasteiger partial charge is 0.371 e. The molecule has 5 nitrogen and oxygen atoms in total. The monoisotopic (exact) mass is 374 g/mol. The Morgan fingerprint density at radius 2 is 2.15 bits per heavy atom. The van der Waals surface area contributed by atoms with Gasteiger partial charge in [-0.05, 0) is 50.2 Å². The van der Waals surface area contributed by atoms with E-state index in [1.165, 1.54) is 16.9 Å². The van der Waals surface area contributed by atoms with Crippen molar-refractivity contribution < 1.29 is 14.3 Å². The summed E-state index contributed by atoms with van der Waals surface area (Å²) in [4.78, 5) is 30.8. The highest BCUT2D eigenvalue weighted by molar-refractivity contribution is 7.14. The van der Waals surface area contributed by atoms with E-state index in [1.807, 2.05) is 9.80 Å². The van der Waals surface area contributed by atoms with Crippen molar-refractivity contribution in [1.82, 2.24) is 9.80 Å². The van der Waals surface area contributed by atoms with E-state index in [2.05, 4.69) is 6.07 Å². The molecule has 1 atom stereocenters. The van der Waals surface area contributed by atoms with Gasteiger partial charge >= 0.3 is 0 Å². The summed E-state index contributed by atoms with van der Waals surface area (Å²) < 4.78 is 6.21. The highest BCUT2D eigenvalue weighted by Crippen LogP contribution is 2.38. The third-order valence-electron chi connectivity index (χ3n) is 6.49. The fraction of sp³-hybridized carbons (Fsp3) is 0.700. The van der Waals surface area contributed by atoms with Gasteiger partial charge in [0.2, 0.25) is 5.91 Å². The second-order valence-electron chi connectivity index (χ2n) is 8.42. The highest BCUT2D eigenvalue weighted by Gasteiger charge is 2.49. The van der Waals surface area contributed by atoms with Gasteiger partial charge in [0.25, 0.3) is 5.91 Å². The maximum atomic E-state index is 12.7. The molecule has 3 saturated heterocycles. The van der Waals surface area contributed by atoms with Crippen molar-refractivity contribution in [2.24, 2.45) is 5.92 Å². The molecule has 0 N–H and O–H groups in total. The Balaban J connectivity index is 1.13. The van der Waals surface area contributed by atoms with E-state index in [9.17, 15) is 9.59 Å². The highest BCUT2D eigenvalue weighted by atomic mass is 32.1. The molecule has 5 rings (SSSR count). The van der Waals surface area contributed by atoms with Crippen molar-refractivity contribution >= 4 is 23.2 Å². The minimum atomic E-state index is -0.124. The predicted octanol–water partition coefficient (Wildman–Crippen LogP) is 2.48. The van der Waals surface area contributed by atoms with E-state index >= 15 is 0 Å². The molecule has 0 radical (unpaired) electrons. The first kappa shape index (κ1) is 16.8. The molecule has 26 heavy (non-hydrogen) atoms. The van der Waals surface area contributed by atoms with Gasteiger partial charge < -0.3 is 14.5 Å². The maximum absolute atomic E-state index is 12.7. The van der Waals surface area contributed by atoms with Gasteiger partial charge in [-0.25, -0.2) is 0 Å². The minimum absolute atomic E-state index is 0.124. The summed E-state index contributed by atoms with van der Waals surface area (Å²) in [5, 5.41) is 0. The van der Waals surface area contributed by atoms with Crippen LogP contribution in [0.5, 0.6) is 0 Å². The number of rotatable bonds is 3. The molecule has 1 aromatic heterocycles. The average molecular weight is 375 g/mol. The van der Waals surface area contributed by atoms with Crippen LogP contribution in [0.1, 0.15) is 52.2 Å². The smallest absolute Gasteiger partial charge is 0.264 e. The van der Waals surface area contributed by atoms with E-state index in [-0.39, 0.29) is 11.5 Å². The molecule has 3 fully saturated rings. The molecule has 0 bridgehead atoms. The van der Waals surface area contributed by atoms with Crippen LogP contribution in [0.25, 0.3) is 0 Å². The van der Waals surface area contributed by atoms with Crippen LogP contribution in [0, 0.1) is 5.92 Å². The number of nitrogens with zero attached hydrogens (tertiary/aromatic N) is 2. The predicted molar refractivity (Wildman–Crippen MR) is 99.5 cm³/mol. The zero-order valence-corrected chi connectivity index (χ0v) is 16.0. The number of amides is 2. The number of likely N-dealkylation sites (tertiary alicyclic amines) is 2. The molecular weight excluding hydrogens is 348 g/mol. The van der Waals surface area contributed by atoms with Crippen molar-refractivity contribution in [3.63, 3.8) is 0 Å². The summed E-state index contributed by atoms with van der Waals surface area (Å²) >= 11 is 1.69. The summed E-state index contributed by atoms with van der Waals surface area (Å²) in [6, 6.07) is 2.12. The Morgan fingerprint density at radius 3 is 2.85 bits per heavy atom.